The van der Waals surface area contributed by atoms with Crippen LogP contribution in [0, 0.1) is 0 Å². The van der Waals surface area contributed by atoms with Crippen LogP contribution in [0.15, 0.2) is 47.3 Å². The molecule has 25 heavy (non-hydrogen) atoms. The molecule has 0 saturated heterocycles. The van der Waals surface area contributed by atoms with Crippen molar-refractivity contribution in [1.82, 2.24) is 14.9 Å². The fourth-order valence-corrected chi connectivity index (χ4v) is 2.74. The molecule has 0 atom stereocenters. The number of nitrogens with zero attached hydrogens (tertiary/aromatic N) is 1. The number of methoxy groups -OCH3 is 1. The number of halogens is 1. The second kappa shape index (κ2) is 8.11. The SMILES string of the molecule is COc1ccc2c(-c3ccc(CN[SH](=O)=O)cc3)n[nH]c(=O)c2c1.Cl. The van der Waals surface area contributed by atoms with Crippen LogP contribution in [0.5, 0.6) is 5.75 Å². The average molecular weight is 382 g/mol. The van der Waals surface area contributed by atoms with Crippen LogP contribution in [-0.2, 0) is 17.4 Å². The molecule has 0 radical (unpaired) electrons. The molecule has 2 aromatic carbocycles. The number of aromatic nitrogens is 2. The van der Waals surface area contributed by atoms with Gasteiger partial charge in [0.05, 0.1) is 18.2 Å². The highest BCUT2D eigenvalue weighted by Crippen LogP contribution is 2.27. The smallest absolute Gasteiger partial charge is 0.272 e. The molecule has 9 heteroatoms. The van der Waals surface area contributed by atoms with Crippen LogP contribution in [0.2, 0.25) is 0 Å². The van der Waals surface area contributed by atoms with Crippen LogP contribution >= 0.6 is 12.4 Å². The zero-order valence-electron chi connectivity index (χ0n) is 13.2. The summed E-state index contributed by atoms with van der Waals surface area (Å²) in [4.78, 5) is 12.0. The fourth-order valence-electron chi connectivity index (χ4n) is 2.43. The predicted molar refractivity (Wildman–Crippen MR) is 98.8 cm³/mol. The Labute approximate surface area is 151 Å². The third-order valence-electron chi connectivity index (χ3n) is 3.64. The fraction of sp³-hybridized carbons (Fsp3) is 0.125. The zero-order chi connectivity index (χ0) is 17.1. The topological polar surface area (TPSA) is 101 Å². The lowest BCUT2D eigenvalue weighted by Gasteiger charge is -2.07. The van der Waals surface area contributed by atoms with Crippen molar-refractivity contribution in [3.05, 3.63) is 58.4 Å². The van der Waals surface area contributed by atoms with Crippen LogP contribution in [-0.4, -0.2) is 25.7 Å². The summed E-state index contributed by atoms with van der Waals surface area (Å²) in [5, 5.41) is 7.85. The molecule has 3 aromatic rings. The van der Waals surface area contributed by atoms with E-state index in [1.165, 1.54) is 0 Å². The van der Waals surface area contributed by atoms with Gasteiger partial charge in [-0.15, -0.1) is 12.4 Å². The van der Waals surface area contributed by atoms with Gasteiger partial charge in [0.1, 0.15) is 5.75 Å². The number of benzene rings is 2. The van der Waals surface area contributed by atoms with Crippen LogP contribution in [0.1, 0.15) is 5.56 Å². The Morgan fingerprint density at radius 2 is 1.84 bits per heavy atom. The van der Waals surface area contributed by atoms with Gasteiger partial charge in [-0.3, -0.25) is 4.79 Å². The van der Waals surface area contributed by atoms with E-state index in [-0.39, 0.29) is 24.5 Å². The number of hydrogen-bond donors (Lipinski definition) is 3. The van der Waals surface area contributed by atoms with Gasteiger partial charge in [-0.1, -0.05) is 24.3 Å². The van der Waals surface area contributed by atoms with E-state index in [1.54, 1.807) is 25.3 Å². The summed E-state index contributed by atoms with van der Waals surface area (Å²) in [6.07, 6.45) is 0. The van der Waals surface area contributed by atoms with Crippen LogP contribution in [0.3, 0.4) is 0 Å². The first kappa shape index (κ1) is 18.9. The Bertz CT molecular complexity index is 1010. The molecule has 0 bridgehead atoms. The number of H-pyrrole nitrogens is 1. The molecule has 0 spiro atoms. The Kier molecular flexibility index (Phi) is 6.13. The molecule has 7 nitrogen and oxygen atoms in total. The first-order valence-electron chi connectivity index (χ1n) is 7.12. The lowest BCUT2D eigenvalue weighted by Crippen LogP contribution is -2.10. The maximum Gasteiger partial charge on any atom is 0.272 e. The minimum absolute atomic E-state index is 0. The number of nitrogens with one attached hydrogen (secondary N) is 2. The highest BCUT2D eigenvalue weighted by atomic mass is 35.5. The van der Waals surface area contributed by atoms with E-state index in [0.717, 1.165) is 11.1 Å². The third kappa shape index (κ3) is 4.16. The lowest BCUT2D eigenvalue weighted by atomic mass is 10.0. The van der Waals surface area contributed by atoms with E-state index in [0.29, 0.717) is 22.2 Å². The molecule has 0 aliphatic carbocycles. The standard InChI is InChI=1S/C16H15N3O4S.ClH/c1-23-12-6-7-13-14(8-12)16(20)19-18-15(13)11-4-2-10(3-5-11)9-17-24(21)22;/h2-8,24H,9H2,1H3,(H,19,20)(H,17,21,22);1H. The van der Waals surface area contributed by atoms with Gasteiger partial charge in [-0.25, -0.2) is 18.2 Å². The van der Waals surface area contributed by atoms with Crippen molar-refractivity contribution < 1.29 is 13.2 Å². The summed E-state index contributed by atoms with van der Waals surface area (Å²) >= 11 is 0. The highest BCUT2D eigenvalue weighted by molar-refractivity contribution is 7.70. The molecule has 1 heterocycles. The van der Waals surface area contributed by atoms with Gasteiger partial charge in [-0.2, -0.15) is 5.10 Å². The van der Waals surface area contributed by atoms with E-state index >= 15 is 0 Å². The van der Waals surface area contributed by atoms with Gasteiger partial charge < -0.3 is 4.74 Å². The predicted octanol–water partition coefficient (Wildman–Crippen LogP) is 1.64. The molecule has 1 aromatic heterocycles. The molecule has 0 aliphatic rings. The van der Waals surface area contributed by atoms with Crippen molar-refractivity contribution in [2.24, 2.45) is 0 Å². The summed E-state index contributed by atoms with van der Waals surface area (Å²) in [6, 6.07) is 12.5. The van der Waals surface area contributed by atoms with Crippen molar-refractivity contribution >= 4 is 34.1 Å². The second-order valence-corrected chi connectivity index (χ2v) is 5.93. The van der Waals surface area contributed by atoms with E-state index in [1.807, 2.05) is 24.3 Å². The summed E-state index contributed by atoms with van der Waals surface area (Å²) < 4.78 is 28.6. The summed E-state index contributed by atoms with van der Waals surface area (Å²) in [6.45, 7) is 0.232. The molecule has 0 amide bonds. The second-order valence-electron chi connectivity index (χ2n) is 5.10. The summed E-state index contributed by atoms with van der Waals surface area (Å²) in [5.74, 6) is 0.596. The van der Waals surface area contributed by atoms with Crippen molar-refractivity contribution in [3.8, 4) is 17.0 Å². The number of ether oxygens (including phenoxy) is 1. The highest BCUT2D eigenvalue weighted by Gasteiger charge is 2.10. The molecule has 0 unspecified atom stereocenters. The number of aromatic amines is 1. The van der Waals surface area contributed by atoms with Gasteiger partial charge in [0.2, 0.25) is 10.9 Å². The largest absolute Gasteiger partial charge is 0.497 e. The van der Waals surface area contributed by atoms with E-state index in [2.05, 4.69) is 14.9 Å². The number of rotatable bonds is 5. The molecular formula is C16H16ClN3O4S. The molecule has 0 fully saturated rings. The zero-order valence-corrected chi connectivity index (χ0v) is 14.9. The molecule has 3 rings (SSSR count). The van der Waals surface area contributed by atoms with Crippen molar-refractivity contribution in [2.75, 3.05) is 7.11 Å². The monoisotopic (exact) mass is 381 g/mol. The molecule has 2 N–H and O–H groups in total. The molecule has 0 aliphatic heterocycles. The van der Waals surface area contributed by atoms with Crippen LogP contribution in [0.4, 0.5) is 0 Å². The maximum absolute atomic E-state index is 12.0. The summed E-state index contributed by atoms with van der Waals surface area (Å²) in [7, 11) is -1.08. The molecule has 0 saturated carbocycles. The normalized spacial score (nSPS) is 10.6. The molecular weight excluding hydrogens is 366 g/mol. The van der Waals surface area contributed by atoms with E-state index in [9.17, 15) is 13.2 Å². The van der Waals surface area contributed by atoms with Gasteiger partial charge >= 0.3 is 0 Å². The van der Waals surface area contributed by atoms with Crippen LogP contribution < -0.4 is 15.0 Å². The van der Waals surface area contributed by atoms with Gasteiger partial charge in [-0.05, 0) is 23.8 Å². The maximum atomic E-state index is 12.0. The van der Waals surface area contributed by atoms with Crippen LogP contribution in [0.25, 0.3) is 22.0 Å². The first-order chi connectivity index (χ1) is 11.6. The van der Waals surface area contributed by atoms with E-state index < -0.39 is 10.9 Å². The Morgan fingerprint density at radius 3 is 2.48 bits per heavy atom. The lowest BCUT2D eigenvalue weighted by molar-refractivity contribution is 0.415. The minimum Gasteiger partial charge on any atom is -0.497 e. The quantitative estimate of drug-likeness (QED) is 0.583. The summed E-state index contributed by atoms with van der Waals surface area (Å²) in [5.41, 5.74) is 2.00. The van der Waals surface area contributed by atoms with Crippen molar-refractivity contribution in [3.63, 3.8) is 0 Å². The number of hydrogen-bond acceptors (Lipinski definition) is 5. The number of thiol groups is 1. The Morgan fingerprint density at radius 1 is 1.12 bits per heavy atom. The Hall–Kier alpha value is -2.42. The van der Waals surface area contributed by atoms with Gasteiger partial charge in [0.15, 0.2) is 0 Å². The minimum atomic E-state index is -2.62. The Balaban J connectivity index is 0.00000225. The van der Waals surface area contributed by atoms with Gasteiger partial charge in [0.25, 0.3) is 5.56 Å². The number of fused-ring (bicyclic) bond motifs is 1. The average Bonchev–Trinajstić information content (AvgIpc) is 2.61. The van der Waals surface area contributed by atoms with Gasteiger partial charge in [0, 0.05) is 17.5 Å². The van der Waals surface area contributed by atoms with E-state index in [4.69, 9.17) is 4.74 Å². The first-order valence-corrected chi connectivity index (χ1v) is 8.30. The molecule has 132 valence electrons. The van der Waals surface area contributed by atoms with Crippen molar-refractivity contribution in [2.45, 2.75) is 6.54 Å². The van der Waals surface area contributed by atoms with Crippen molar-refractivity contribution in [1.29, 1.82) is 0 Å². The third-order valence-corrected chi connectivity index (χ3v) is 4.05.